The van der Waals surface area contributed by atoms with Crippen LogP contribution in [-0.4, -0.2) is 5.91 Å². The first-order chi connectivity index (χ1) is 9.51. The number of nitrogens with two attached hydrogens (primary N) is 1. The minimum Gasteiger partial charge on any atom is -0.399 e. The quantitative estimate of drug-likeness (QED) is 0.823. The number of hydrogen-bond acceptors (Lipinski definition) is 3. The number of carbonyl (C=O) groups excluding carboxylic acids is 1. The highest BCUT2D eigenvalue weighted by atomic mass is 19.1. The SMILES string of the molecule is Cc1c(F)cc(C#N)cc1NC(=O)c1ccc(N)cc1. The van der Waals surface area contributed by atoms with E-state index in [0.29, 0.717) is 11.3 Å². The average Bonchev–Trinajstić information content (AvgIpc) is 2.44. The number of halogens is 1. The van der Waals surface area contributed by atoms with Gasteiger partial charge in [-0.2, -0.15) is 5.26 Å². The van der Waals surface area contributed by atoms with Crippen molar-refractivity contribution in [2.45, 2.75) is 6.92 Å². The molecule has 0 aliphatic rings. The molecule has 0 atom stereocenters. The number of nitrogen functional groups attached to an aromatic ring is 1. The molecule has 0 unspecified atom stereocenters. The summed E-state index contributed by atoms with van der Waals surface area (Å²) in [6, 6.07) is 10.8. The Morgan fingerprint density at radius 2 is 1.95 bits per heavy atom. The highest BCUT2D eigenvalue weighted by Gasteiger charge is 2.11. The first kappa shape index (κ1) is 13.6. The molecule has 2 rings (SSSR count). The van der Waals surface area contributed by atoms with Crippen LogP contribution < -0.4 is 11.1 Å². The molecule has 4 nitrogen and oxygen atoms in total. The van der Waals surface area contributed by atoms with E-state index in [0.717, 1.165) is 6.07 Å². The van der Waals surface area contributed by atoms with Gasteiger partial charge in [0.05, 0.1) is 11.6 Å². The van der Waals surface area contributed by atoms with Crippen molar-refractivity contribution < 1.29 is 9.18 Å². The largest absolute Gasteiger partial charge is 0.399 e. The number of anilines is 2. The number of nitrogens with zero attached hydrogens (tertiary/aromatic N) is 1. The summed E-state index contributed by atoms with van der Waals surface area (Å²) in [7, 11) is 0. The average molecular weight is 269 g/mol. The van der Waals surface area contributed by atoms with Gasteiger partial charge in [0.25, 0.3) is 5.91 Å². The first-order valence-corrected chi connectivity index (χ1v) is 5.88. The van der Waals surface area contributed by atoms with Gasteiger partial charge in [0.1, 0.15) is 5.82 Å². The fraction of sp³-hybridized carbons (Fsp3) is 0.0667. The van der Waals surface area contributed by atoms with E-state index in [1.807, 2.05) is 6.07 Å². The van der Waals surface area contributed by atoms with Gasteiger partial charge in [-0.05, 0) is 43.3 Å². The third kappa shape index (κ3) is 2.75. The second-order valence-electron chi connectivity index (χ2n) is 4.32. The zero-order valence-corrected chi connectivity index (χ0v) is 10.8. The van der Waals surface area contributed by atoms with Crippen LogP contribution in [0.4, 0.5) is 15.8 Å². The minimum atomic E-state index is -0.531. The van der Waals surface area contributed by atoms with Gasteiger partial charge >= 0.3 is 0 Å². The van der Waals surface area contributed by atoms with E-state index in [2.05, 4.69) is 5.32 Å². The molecule has 100 valence electrons. The molecule has 0 spiro atoms. The lowest BCUT2D eigenvalue weighted by Crippen LogP contribution is -2.13. The maximum Gasteiger partial charge on any atom is 0.255 e. The molecular weight excluding hydrogens is 257 g/mol. The Hall–Kier alpha value is -2.87. The van der Waals surface area contributed by atoms with Gasteiger partial charge < -0.3 is 11.1 Å². The molecule has 20 heavy (non-hydrogen) atoms. The molecule has 0 fully saturated rings. The van der Waals surface area contributed by atoms with E-state index in [1.165, 1.54) is 13.0 Å². The van der Waals surface area contributed by atoms with Crippen LogP contribution in [0.25, 0.3) is 0 Å². The summed E-state index contributed by atoms with van der Waals surface area (Å²) >= 11 is 0. The van der Waals surface area contributed by atoms with Crippen molar-refractivity contribution >= 4 is 17.3 Å². The molecule has 0 aliphatic carbocycles. The fourth-order valence-corrected chi connectivity index (χ4v) is 1.70. The van der Waals surface area contributed by atoms with Gasteiger partial charge in [-0.25, -0.2) is 4.39 Å². The van der Waals surface area contributed by atoms with Crippen LogP contribution in [0, 0.1) is 24.1 Å². The van der Waals surface area contributed by atoms with Crippen LogP contribution >= 0.6 is 0 Å². The Labute approximate surface area is 115 Å². The molecule has 0 saturated heterocycles. The molecule has 0 saturated carbocycles. The van der Waals surface area contributed by atoms with Gasteiger partial charge in [-0.1, -0.05) is 0 Å². The molecule has 0 aromatic heterocycles. The van der Waals surface area contributed by atoms with Gasteiger partial charge in [0.2, 0.25) is 0 Å². The number of hydrogen-bond donors (Lipinski definition) is 2. The van der Waals surface area contributed by atoms with Gasteiger partial charge in [0.15, 0.2) is 0 Å². The third-order valence-corrected chi connectivity index (χ3v) is 2.89. The maximum atomic E-state index is 13.6. The van der Waals surface area contributed by atoms with E-state index in [-0.39, 0.29) is 22.7 Å². The molecular formula is C15H12FN3O. The van der Waals surface area contributed by atoms with Crippen molar-refractivity contribution in [3.05, 3.63) is 58.9 Å². The molecule has 5 heteroatoms. The van der Waals surface area contributed by atoms with Crippen LogP contribution in [0.5, 0.6) is 0 Å². The lowest BCUT2D eigenvalue weighted by Gasteiger charge is -2.10. The van der Waals surface area contributed by atoms with E-state index in [1.54, 1.807) is 24.3 Å². The normalized spacial score (nSPS) is 9.85. The zero-order chi connectivity index (χ0) is 14.7. The van der Waals surface area contributed by atoms with Gasteiger partial charge in [-0.15, -0.1) is 0 Å². The second-order valence-corrected chi connectivity index (χ2v) is 4.32. The molecule has 0 radical (unpaired) electrons. The fourth-order valence-electron chi connectivity index (χ4n) is 1.70. The number of amides is 1. The maximum absolute atomic E-state index is 13.6. The smallest absolute Gasteiger partial charge is 0.255 e. The minimum absolute atomic E-state index is 0.153. The Bertz CT molecular complexity index is 702. The number of nitriles is 1. The predicted molar refractivity (Wildman–Crippen MR) is 74.7 cm³/mol. The van der Waals surface area contributed by atoms with Crippen molar-refractivity contribution in [2.75, 3.05) is 11.1 Å². The summed E-state index contributed by atoms with van der Waals surface area (Å²) in [6.07, 6.45) is 0. The standard InChI is InChI=1S/C15H12FN3O/c1-9-13(16)6-10(8-17)7-14(9)19-15(20)11-2-4-12(18)5-3-11/h2-7H,18H2,1H3,(H,19,20). The van der Waals surface area contributed by atoms with Crippen LogP contribution in [0.1, 0.15) is 21.5 Å². The van der Waals surface area contributed by atoms with Crippen LogP contribution in [0.2, 0.25) is 0 Å². The van der Waals surface area contributed by atoms with Crippen LogP contribution in [0.15, 0.2) is 36.4 Å². The van der Waals surface area contributed by atoms with E-state index < -0.39 is 5.82 Å². The summed E-state index contributed by atoms with van der Waals surface area (Å²) in [5, 5.41) is 11.4. The van der Waals surface area contributed by atoms with Crippen LogP contribution in [-0.2, 0) is 0 Å². The Morgan fingerprint density at radius 1 is 1.30 bits per heavy atom. The van der Waals surface area contributed by atoms with E-state index in [4.69, 9.17) is 11.0 Å². The molecule has 0 bridgehead atoms. The monoisotopic (exact) mass is 269 g/mol. The lowest BCUT2D eigenvalue weighted by molar-refractivity contribution is 0.102. The summed E-state index contributed by atoms with van der Waals surface area (Å²) in [5.74, 6) is -0.917. The first-order valence-electron chi connectivity index (χ1n) is 5.88. The van der Waals surface area contributed by atoms with Crippen molar-refractivity contribution in [1.29, 1.82) is 5.26 Å². The van der Waals surface area contributed by atoms with E-state index >= 15 is 0 Å². The Morgan fingerprint density at radius 3 is 2.55 bits per heavy atom. The highest BCUT2D eigenvalue weighted by molar-refractivity contribution is 6.04. The summed E-state index contributed by atoms with van der Waals surface area (Å²) in [4.78, 5) is 12.0. The molecule has 0 heterocycles. The topological polar surface area (TPSA) is 78.9 Å². The molecule has 0 aliphatic heterocycles. The lowest BCUT2D eigenvalue weighted by atomic mass is 10.1. The number of nitrogens with one attached hydrogen (secondary N) is 1. The zero-order valence-electron chi connectivity index (χ0n) is 10.8. The van der Waals surface area contributed by atoms with Crippen molar-refractivity contribution in [3.63, 3.8) is 0 Å². The van der Waals surface area contributed by atoms with Crippen molar-refractivity contribution in [3.8, 4) is 6.07 Å². The third-order valence-electron chi connectivity index (χ3n) is 2.89. The molecule has 1 amide bonds. The summed E-state index contributed by atoms with van der Waals surface area (Å²) in [5.41, 5.74) is 7.22. The molecule has 3 N–H and O–H groups in total. The molecule has 2 aromatic carbocycles. The predicted octanol–water partition coefficient (Wildman–Crippen LogP) is 2.84. The van der Waals surface area contributed by atoms with Crippen molar-refractivity contribution in [1.82, 2.24) is 0 Å². The van der Waals surface area contributed by atoms with Crippen LogP contribution in [0.3, 0.4) is 0 Å². The Balaban J connectivity index is 2.30. The van der Waals surface area contributed by atoms with E-state index in [9.17, 15) is 9.18 Å². The van der Waals surface area contributed by atoms with Crippen molar-refractivity contribution in [2.24, 2.45) is 0 Å². The summed E-state index contributed by atoms with van der Waals surface area (Å²) in [6.45, 7) is 1.54. The number of benzene rings is 2. The highest BCUT2D eigenvalue weighted by Crippen LogP contribution is 2.21. The number of rotatable bonds is 2. The number of carbonyl (C=O) groups is 1. The second kappa shape index (κ2) is 5.41. The Kier molecular flexibility index (Phi) is 3.67. The van der Waals surface area contributed by atoms with Gasteiger partial charge in [-0.3, -0.25) is 4.79 Å². The molecule has 2 aromatic rings. The summed E-state index contributed by atoms with van der Waals surface area (Å²) < 4.78 is 13.6. The van der Waals surface area contributed by atoms with Gasteiger partial charge in [0, 0.05) is 22.5 Å².